The first-order valence-corrected chi connectivity index (χ1v) is 10.5. The molecule has 146 valence electrons. The van der Waals surface area contributed by atoms with Gasteiger partial charge >= 0.3 is 0 Å². The van der Waals surface area contributed by atoms with E-state index in [2.05, 4.69) is 6.92 Å². The van der Waals surface area contributed by atoms with Crippen molar-refractivity contribution in [3.63, 3.8) is 0 Å². The van der Waals surface area contributed by atoms with Gasteiger partial charge in [-0.15, -0.1) is 0 Å². The van der Waals surface area contributed by atoms with E-state index in [1.165, 1.54) is 44.9 Å². The predicted molar refractivity (Wildman–Crippen MR) is 114 cm³/mol. The lowest BCUT2D eigenvalue weighted by atomic mass is 10.00. The molecule has 0 spiro atoms. The van der Waals surface area contributed by atoms with Gasteiger partial charge in [0.25, 0.3) is 0 Å². The third kappa shape index (κ3) is 7.21. The van der Waals surface area contributed by atoms with Gasteiger partial charge in [-0.3, -0.25) is 4.79 Å². The molecular formula is C25H34O2. The maximum Gasteiger partial charge on any atom is 0.193 e. The molecule has 0 saturated carbocycles. The van der Waals surface area contributed by atoms with Gasteiger partial charge in [-0.2, -0.15) is 0 Å². The second-order valence-electron chi connectivity index (χ2n) is 7.50. The SMILES string of the molecule is CCCCCCCCCCOc1ccc(C(=O)c2cccc(C)c2)cc1C. The fraction of sp³-hybridized carbons (Fsp3) is 0.480. The molecule has 0 aliphatic rings. The zero-order chi connectivity index (χ0) is 19.5. The molecule has 0 heterocycles. The van der Waals surface area contributed by atoms with Crippen LogP contribution < -0.4 is 4.74 Å². The van der Waals surface area contributed by atoms with Crippen LogP contribution in [0.3, 0.4) is 0 Å². The predicted octanol–water partition coefficient (Wildman–Crippen LogP) is 7.05. The maximum absolute atomic E-state index is 12.6. The van der Waals surface area contributed by atoms with Crippen LogP contribution in [0.5, 0.6) is 5.75 Å². The molecule has 0 aromatic heterocycles. The lowest BCUT2D eigenvalue weighted by Gasteiger charge is -2.11. The van der Waals surface area contributed by atoms with Crippen molar-refractivity contribution in [2.45, 2.75) is 72.1 Å². The second kappa shape index (κ2) is 11.6. The topological polar surface area (TPSA) is 26.3 Å². The van der Waals surface area contributed by atoms with Crippen molar-refractivity contribution >= 4 is 5.78 Å². The monoisotopic (exact) mass is 366 g/mol. The first-order valence-electron chi connectivity index (χ1n) is 10.5. The van der Waals surface area contributed by atoms with Gasteiger partial charge in [0.1, 0.15) is 5.75 Å². The number of rotatable bonds is 12. The zero-order valence-electron chi connectivity index (χ0n) is 17.2. The minimum Gasteiger partial charge on any atom is -0.493 e. The number of ether oxygens (including phenoxy) is 1. The Balaban J connectivity index is 1.77. The molecular weight excluding hydrogens is 332 g/mol. The van der Waals surface area contributed by atoms with Gasteiger partial charge in [0, 0.05) is 11.1 Å². The minimum absolute atomic E-state index is 0.0661. The van der Waals surface area contributed by atoms with Crippen molar-refractivity contribution in [1.29, 1.82) is 0 Å². The Kier molecular flexibility index (Phi) is 9.10. The second-order valence-corrected chi connectivity index (χ2v) is 7.50. The molecule has 0 aliphatic heterocycles. The van der Waals surface area contributed by atoms with Crippen LogP contribution in [0.4, 0.5) is 0 Å². The average molecular weight is 367 g/mol. The Morgan fingerprint density at radius 2 is 1.48 bits per heavy atom. The van der Waals surface area contributed by atoms with Crippen molar-refractivity contribution in [3.8, 4) is 5.75 Å². The summed E-state index contributed by atoms with van der Waals surface area (Å²) < 4.78 is 5.93. The summed E-state index contributed by atoms with van der Waals surface area (Å²) in [5.41, 5.74) is 3.58. The molecule has 2 rings (SSSR count). The summed E-state index contributed by atoms with van der Waals surface area (Å²) in [6, 6.07) is 13.5. The van der Waals surface area contributed by atoms with Gasteiger partial charge < -0.3 is 4.74 Å². The van der Waals surface area contributed by atoms with E-state index in [9.17, 15) is 4.79 Å². The number of carbonyl (C=O) groups is 1. The minimum atomic E-state index is 0.0661. The largest absolute Gasteiger partial charge is 0.493 e. The van der Waals surface area contributed by atoms with Crippen molar-refractivity contribution in [1.82, 2.24) is 0 Å². The Morgan fingerprint density at radius 1 is 0.815 bits per heavy atom. The molecule has 0 aliphatic carbocycles. The highest BCUT2D eigenvalue weighted by Gasteiger charge is 2.11. The summed E-state index contributed by atoms with van der Waals surface area (Å²) in [6.07, 6.45) is 10.4. The molecule has 27 heavy (non-hydrogen) atoms. The van der Waals surface area contributed by atoms with Crippen molar-refractivity contribution in [2.75, 3.05) is 6.61 Å². The summed E-state index contributed by atoms with van der Waals surface area (Å²) in [5, 5.41) is 0. The first-order chi connectivity index (χ1) is 13.1. The Labute approximate surface area is 165 Å². The molecule has 2 aromatic rings. The summed E-state index contributed by atoms with van der Waals surface area (Å²) in [5.74, 6) is 0.954. The van der Waals surface area contributed by atoms with E-state index in [4.69, 9.17) is 4.74 Å². The Bertz CT molecular complexity index is 718. The molecule has 2 nitrogen and oxygen atoms in total. The van der Waals surface area contributed by atoms with Crippen molar-refractivity contribution in [3.05, 3.63) is 64.7 Å². The fourth-order valence-corrected chi connectivity index (χ4v) is 3.32. The van der Waals surface area contributed by atoms with Crippen molar-refractivity contribution < 1.29 is 9.53 Å². The number of hydrogen-bond acceptors (Lipinski definition) is 2. The quantitative estimate of drug-likeness (QED) is 0.297. The fourth-order valence-electron chi connectivity index (χ4n) is 3.32. The van der Waals surface area contributed by atoms with Gasteiger partial charge in [-0.25, -0.2) is 0 Å². The summed E-state index contributed by atoms with van der Waals surface area (Å²) in [7, 11) is 0. The lowest BCUT2D eigenvalue weighted by Crippen LogP contribution is -2.04. The third-order valence-corrected chi connectivity index (χ3v) is 4.97. The smallest absolute Gasteiger partial charge is 0.193 e. The number of ketones is 1. The van der Waals surface area contributed by atoms with E-state index in [0.29, 0.717) is 0 Å². The van der Waals surface area contributed by atoms with E-state index in [1.807, 2.05) is 56.3 Å². The number of unbranched alkanes of at least 4 members (excludes halogenated alkanes) is 7. The van der Waals surface area contributed by atoms with Crippen LogP contribution in [0, 0.1) is 13.8 Å². The lowest BCUT2D eigenvalue weighted by molar-refractivity contribution is 0.103. The molecule has 0 unspecified atom stereocenters. The normalized spacial score (nSPS) is 10.8. The first kappa shape index (κ1) is 21.2. The van der Waals surface area contributed by atoms with Crippen LogP contribution >= 0.6 is 0 Å². The van der Waals surface area contributed by atoms with Gasteiger partial charge in [-0.1, -0.05) is 75.6 Å². The van der Waals surface area contributed by atoms with Crippen LogP contribution in [0.25, 0.3) is 0 Å². The van der Waals surface area contributed by atoms with E-state index >= 15 is 0 Å². The van der Waals surface area contributed by atoms with E-state index in [1.54, 1.807) is 0 Å². The Hall–Kier alpha value is -2.09. The van der Waals surface area contributed by atoms with Gasteiger partial charge in [0.05, 0.1) is 6.61 Å². The summed E-state index contributed by atoms with van der Waals surface area (Å²) in [6.45, 7) is 7.02. The molecule has 2 aromatic carbocycles. The van der Waals surface area contributed by atoms with Crippen molar-refractivity contribution in [2.24, 2.45) is 0 Å². The highest BCUT2D eigenvalue weighted by atomic mass is 16.5. The van der Waals surface area contributed by atoms with E-state index < -0.39 is 0 Å². The van der Waals surface area contributed by atoms with Crippen LogP contribution in [-0.2, 0) is 0 Å². The summed E-state index contributed by atoms with van der Waals surface area (Å²) >= 11 is 0. The standard InChI is InChI=1S/C25H34O2/c1-4-5-6-7-8-9-10-11-17-27-24-16-15-23(19-21(24)3)25(26)22-14-12-13-20(2)18-22/h12-16,18-19H,4-11,17H2,1-3H3. The maximum atomic E-state index is 12.6. The van der Waals surface area contributed by atoms with Crippen LogP contribution in [-0.4, -0.2) is 12.4 Å². The zero-order valence-corrected chi connectivity index (χ0v) is 17.2. The number of hydrogen-bond donors (Lipinski definition) is 0. The average Bonchev–Trinajstić information content (AvgIpc) is 2.67. The Morgan fingerprint density at radius 3 is 2.15 bits per heavy atom. The summed E-state index contributed by atoms with van der Waals surface area (Å²) in [4.78, 5) is 12.6. The number of aryl methyl sites for hydroxylation is 2. The highest BCUT2D eigenvalue weighted by molar-refractivity contribution is 6.09. The molecule has 0 radical (unpaired) electrons. The van der Waals surface area contributed by atoms with Crippen LogP contribution in [0.15, 0.2) is 42.5 Å². The van der Waals surface area contributed by atoms with Crippen LogP contribution in [0.2, 0.25) is 0 Å². The molecule has 2 heteroatoms. The van der Waals surface area contributed by atoms with E-state index in [0.717, 1.165) is 41.0 Å². The van der Waals surface area contributed by atoms with Gasteiger partial charge in [0.15, 0.2) is 5.78 Å². The number of carbonyl (C=O) groups excluding carboxylic acids is 1. The van der Waals surface area contributed by atoms with Gasteiger partial charge in [0.2, 0.25) is 0 Å². The molecule has 0 amide bonds. The van der Waals surface area contributed by atoms with E-state index in [-0.39, 0.29) is 5.78 Å². The van der Waals surface area contributed by atoms with Gasteiger partial charge in [-0.05, 0) is 50.1 Å². The molecule has 0 atom stereocenters. The molecule has 0 saturated heterocycles. The molecule has 0 bridgehead atoms. The number of benzene rings is 2. The van der Waals surface area contributed by atoms with Crippen LogP contribution in [0.1, 0.15) is 85.3 Å². The third-order valence-electron chi connectivity index (χ3n) is 4.97. The molecule has 0 fully saturated rings. The molecule has 0 N–H and O–H groups in total. The highest BCUT2D eigenvalue weighted by Crippen LogP contribution is 2.22.